The van der Waals surface area contributed by atoms with E-state index in [2.05, 4.69) is 39.5 Å². The van der Waals surface area contributed by atoms with Gasteiger partial charge in [0.15, 0.2) is 5.78 Å². The molecule has 0 bridgehead atoms. The fourth-order valence-corrected chi connectivity index (χ4v) is 3.14. The monoisotopic (exact) mass is 340 g/mol. The number of hydrogen-bond donors (Lipinski definition) is 0. The maximum absolute atomic E-state index is 12.8. The van der Waals surface area contributed by atoms with Gasteiger partial charge in [-0.15, -0.1) is 0 Å². The molecule has 1 aliphatic rings. The van der Waals surface area contributed by atoms with Crippen molar-refractivity contribution in [1.29, 1.82) is 0 Å². The Hall–Kier alpha value is -1.86. The van der Waals surface area contributed by atoms with Crippen molar-refractivity contribution >= 4 is 23.0 Å². The minimum absolute atomic E-state index is 0.121. The van der Waals surface area contributed by atoms with Gasteiger partial charge in [0.25, 0.3) is 0 Å². The summed E-state index contributed by atoms with van der Waals surface area (Å²) in [5.74, 6) is 0.245. The zero-order chi connectivity index (χ0) is 17.9. The summed E-state index contributed by atoms with van der Waals surface area (Å²) in [6.07, 6.45) is 7.61. The molecule has 0 radical (unpaired) electrons. The van der Waals surface area contributed by atoms with E-state index >= 15 is 0 Å². The molecule has 0 saturated heterocycles. The van der Waals surface area contributed by atoms with Gasteiger partial charge in [0, 0.05) is 22.6 Å². The Labute approximate surface area is 150 Å². The Morgan fingerprint density at radius 2 is 2.12 bits per heavy atom. The average molecular weight is 341 g/mol. The number of Topliss-reactive ketones (excluding diaryl/α,β-unsaturated/α-hetero) is 1. The summed E-state index contributed by atoms with van der Waals surface area (Å²) in [7, 11) is 0. The smallest absolute Gasteiger partial charge is 0.164 e. The van der Waals surface area contributed by atoms with Crippen LogP contribution in [0.2, 0.25) is 5.02 Å². The van der Waals surface area contributed by atoms with Crippen LogP contribution in [-0.2, 0) is 4.79 Å². The Morgan fingerprint density at radius 3 is 2.75 bits per heavy atom. The van der Waals surface area contributed by atoms with Crippen LogP contribution in [0.3, 0.4) is 0 Å². The number of aryl methyl sites for hydroxylation is 1. The van der Waals surface area contributed by atoms with Gasteiger partial charge >= 0.3 is 0 Å². The van der Waals surface area contributed by atoms with Crippen molar-refractivity contribution in [3.63, 3.8) is 0 Å². The molecule has 1 atom stereocenters. The van der Waals surface area contributed by atoms with Gasteiger partial charge in [-0.2, -0.15) is 0 Å². The number of halogens is 1. The highest BCUT2D eigenvalue weighted by Crippen LogP contribution is 2.36. The molecule has 0 saturated carbocycles. The molecule has 2 heteroatoms. The first-order valence-corrected chi connectivity index (χ1v) is 8.80. The molecule has 0 amide bonds. The van der Waals surface area contributed by atoms with E-state index in [0.29, 0.717) is 17.0 Å². The normalized spacial score (nSPS) is 21.0. The second kappa shape index (κ2) is 7.81. The number of carbonyl (C=O) groups is 1. The molecule has 0 N–H and O–H groups in total. The molecular formula is C22H25ClO. The van der Waals surface area contributed by atoms with Crippen molar-refractivity contribution < 1.29 is 4.79 Å². The van der Waals surface area contributed by atoms with Crippen LogP contribution in [0.1, 0.15) is 44.7 Å². The molecule has 0 heterocycles. The minimum Gasteiger partial charge on any atom is -0.294 e. The van der Waals surface area contributed by atoms with Gasteiger partial charge in [-0.1, -0.05) is 61.9 Å². The highest BCUT2D eigenvalue weighted by atomic mass is 35.5. The van der Waals surface area contributed by atoms with E-state index in [0.717, 1.165) is 28.7 Å². The summed E-state index contributed by atoms with van der Waals surface area (Å²) in [4.78, 5) is 12.8. The van der Waals surface area contributed by atoms with Gasteiger partial charge in [0.05, 0.1) is 0 Å². The van der Waals surface area contributed by atoms with E-state index in [1.165, 1.54) is 5.57 Å². The molecule has 0 fully saturated rings. The van der Waals surface area contributed by atoms with Gasteiger partial charge in [0.1, 0.15) is 0 Å². The van der Waals surface area contributed by atoms with Crippen LogP contribution >= 0.6 is 11.6 Å². The van der Waals surface area contributed by atoms with Gasteiger partial charge < -0.3 is 0 Å². The fraction of sp³-hybridized carbons (Fsp3) is 0.318. The number of ketones is 1. The average Bonchev–Trinajstić information content (AvgIpc) is 2.64. The van der Waals surface area contributed by atoms with E-state index < -0.39 is 0 Å². The number of rotatable bonds is 3. The van der Waals surface area contributed by atoms with E-state index in [1.54, 1.807) is 0 Å². The Balaban J connectivity index is 2.64. The minimum atomic E-state index is 0.121. The molecule has 0 spiro atoms. The third-order valence-electron chi connectivity index (χ3n) is 4.65. The van der Waals surface area contributed by atoms with Gasteiger partial charge in [-0.25, -0.2) is 0 Å². The van der Waals surface area contributed by atoms with Gasteiger partial charge in [-0.05, 0) is 55.0 Å². The van der Waals surface area contributed by atoms with E-state index in [9.17, 15) is 4.79 Å². The molecule has 1 aromatic carbocycles. The zero-order valence-corrected chi connectivity index (χ0v) is 15.7. The lowest BCUT2D eigenvalue weighted by atomic mass is 9.93. The van der Waals surface area contributed by atoms with Crippen molar-refractivity contribution in [1.82, 2.24) is 0 Å². The maximum Gasteiger partial charge on any atom is 0.164 e. The molecule has 24 heavy (non-hydrogen) atoms. The Bertz CT molecular complexity index is 742. The highest BCUT2D eigenvalue weighted by Gasteiger charge is 2.25. The molecule has 1 aromatic rings. The molecular weight excluding hydrogens is 316 g/mol. The van der Waals surface area contributed by atoms with Gasteiger partial charge in [0.2, 0.25) is 0 Å². The predicted octanol–water partition coefficient (Wildman–Crippen LogP) is 6.48. The Kier molecular flexibility index (Phi) is 6.01. The van der Waals surface area contributed by atoms with Crippen LogP contribution in [0, 0.1) is 12.8 Å². The number of benzene rings is 1. The summed E-state index contributed by atoms with van der Waals surface area (Å²) in [5, 5.41) is 0.620. The SMILES string of the molecule is C=C1/C(=C\C=C(/C)CC)C=C(c2c(C)cccc2Cl)C(=O)CC1C. The summed E-state index contributed by atoms with van der Waals surface area (Å²) in [5.41, 5.74) is 5.86. The fourth-order valence-electron chi connectivity index (χ4n) is 2.81. The van der Waals surface area contributed by atoms with E-state index in [4.69, 9.17) is 11.6 Å². The molecule has 1 aliphatic carbocycles. The third kappa shape index (κ3) is 3.96. The molecule has 1 unspecified atom stereocenters. The summed E-state index contributed by atoms with van der Waals surface area (Å²) in [6, 6.07) is 5.74. The lowest BCUT2D eigenvalue weighted by molar-refractivity contribution is -0.114. The second-order valence-corrected chi connectivity index (χ2v) is 6.94. The molecule has 126 valence electrons. The van der Waals surface area contributed by atoms with Crippen molar-refractivity contribution in [3.05, 3.63) is 75.9 Å². The quantitative estimate of drug-likeness (QED) is 0.615. The van der Waals surface area contributed by atoms with Crippen LogP contribution in [-0.4, -0.2) is 5.78 Å². The third-order valence-corrected chi connectivity index (χ3v) is 4.97. The summed E-state index contributed by atoms with van der Waals surface area (Å²) < 4.78 is 0. The largest absolute Gasteiger partial charge is 0.294 e. The molecule has 0 aliphatic heterocycles. The van der Waals surface area contributed by atoms with Crippen LogP contribution in [0.15, 0.2) is 59.7 Å². The standard InChI is InChI=1S/C22H25ClO/c1-6-14(2)10-11-18-13-19(21(24)12-16(4)17(18)5)22-15(3)8-7-9-20(22)23/h7-11,13,16H,5-6,12H2,1-4H3/b14-10+,18-11-. The first-order chi connectivity index (χ1) is 11.3. The van der Waals surface area contributed by atoms with E-state index in [-0.39, 0.29) is 11.7 Å². The Morgan fingerprint density at radius 1 is 1.42 bits per heavy atom. The van der Waals surface area contributed by atoms with Crippen molar-refractivity contribution in [3.8, 4) is 0 Å². The first kappa shape index (κ1) is 18.5. The molecule has 1 nitrogen and oxygen atoms in total. The van der Waals surface area contributed by atoms with Crippen molar-refractivity contribution in [2.45, 2.75) is 40.5 Å². The maximum atomic E-state index is 12.8. The number of hydrogen-bond acceptors (Lipinski definition) is 1. The lowest BCUT2D eigenvalue weighted by Gasteiger charge is -2.11. The second-order valence-electron chi connectivity index (χ2n) is 6.53. The van der Waals surface area contributed by atoms with Crippen molar-refractivity contribution in [2.75, 3.05) is 0 Å². The van der Waals surface area contributed by atoms with Crippen LogP contribution in [0.25, 0.3) is 5.57 Å². The van der Waals surface area contributed by atoms with Crippen LogP contribution in [0.4, 0.5) is 0 Å². The first-order valence-electron chi connectivity index (χ1n) is 8.42. The molecule has 2 rings (SSSR count). The summed E-state index contributed by atoms with van der Waals surface area (Å²) >= 11 is 6.41. The molecule has 0 aromatic heterocycles. The zero-order valence-electron chi connectivity index (χ0n) is 14.9. The lowest BCUT2D eigenvalue weighted by Crippen LogP contribution is -2.07. The van der Waals surface area contributed by atoms with E-state index in [1.807, 2.05) is 31.2 Å². The predicted molar refractivity (Wildman–Crippen MR) is 104 cm³/mol. The van der Waals surface area contributed by atoms with Gasteiger partial charge in [-0.3, -0.25) is 4.79 Å². The van der Waals surface area contributed by atoms with Crippen LogP contribution < -0.4 is 0 Å². The number of carbonyl (C=O) groups excluding carboxylic acids is 1. The van der Waals surface area contributed by atoms with Crippen molar-refractivity contribution in [2.24, 2.45) is 5.92 Å². The number of allylic oxidation sites excluding steroid dienone is 7. The topological polar surface area (TPSA) is 17.1 Å². The highest BCUT2D eigenvalue weighted by molar-refractivity contribution is 6.35. The summed E-state index contributed by atoms with van der Waals surface area (Å²) in [6.45, 7) is 12.5. The van der Waals surface area contributed by atoms with Crippen LogP contribution in [0.5, 0.6) is 0 Å².